The molecule has 4 atom stereocenters. The van der Waals surface area contributed by atoms with Crippen LogP contribution in [0.5, 0.6) is 5.75 Å². The zero-order chi connectivity index (χ0) is 20.9. The second kappa shape index (κ2) is 9.33. The molecule has 30 heavy (non-hydrogen) atoms. The molecule has 2 bridgehead atoms. The van der Waals surface area contributed by atoms with Crippen molar-refractivity contribution in [3.05, 3.63) is 65.7 Å². The van der Waals surface area contributed by atoms with Crippen LogP contribution >= 0.6 is 0 Å². The molecule has 5 heteroatoms. The monoisotopic (exact) mass is 407 g/mol. The minimum atomic E-state index is -0.507. The van der Waals surface area contributed by atoms with Gasteiger partial charge in [-0.3, -0.25) is 4.79 Å². The van der Waals surface area contributed by atoms with Gasteiger partial charge in [-0.05, 0) is 73.8 Å². The smallest absolute Gasteiger partial charge is 0.338 e. The van der Waals surface area contributed by atoms with Crippen LogP contribution in [-0.2, 0) is 16.1 Å². The molecule has 2 saturated carbocycles. The minimum Gasteiger partial charge on any atom is -0.489 e. The van der Waals surface area contributed by atoms with Gasteiger partial charge in [0.1, 0.15) is 12.4 Å². The molecule has 4 rings (SSSR count). The van der Waals surface area contributed by atoms with Crippen LogP contribution in [0.3, 0.4) is 0 Å². The zero-order valence-corrected chi connectivity index (χ0v) is 17.4. The summed E-state index contributed by atoms with van der Waals surface area (Å²) in [5, 5.41) is 3.02. The van der Waals surface area contributed by atoms with Crippen LogP contribution in [0.15, 0.2) is 54.6 Å². The van der Waals surface area contributed by atoms with Crippen molar-refractivity contribution >= 4 is 11.9 Å². The van der Waals surface area contributed by atoms with E-state index in [1.54, 1.807) is 24.3 Å². The lowest BCUT2D eigenvalue weighted by atomic mass is 9.84. The molecule has 2 aromatic rings. The van der Waals surface area contributed by atoms with Crippen molar-refractivity contribution in [2.75, 3.05) is 6.61 Å². The van der Waals surface area contributed by atoms with E-state index in [9.17, 15) is 9.59 Å². The Labute approximate surface area is 177 Å². The van der Waals surface area contributed by atoms with Crippen LogP contribution in [0.1, 0.15) is 48.5 Å². The number of hydrogen-bond acceptors (Lipinski definition) is 4. The number of esters is 1. The van der Waals surface area contributed by atoms with Gasteiger partial charge in [-0.1, -0.05) is 36.8 Å². The molecule has 0 saturated heterocycles. The third-order valence-electron chi connectivity index (χ3n) is 6.50. The van der Waals surface area contributed by atoms with Gasteiger partial charge in [-0.15, -0.1) is 0 Å². The summed E-state index contributed by atoms with van der Waals surface area (Å²) in [5.41, 5.74) is 1.47. The molecule has 5 nitrogen and oxygen atoms in total. The van der Waals surface area contributed by atoms with Gasteiger partial charge >= 0.3 is 5.97 Å². The largest absolute Gasteiger partial charge is 0.489 e. The van der Waals surface area contributed by atoms with Crippen molar-refractivity contribution in [1.82, 2.24) is 5.32 Å². The number of carbonyl (C=O) groups is 2. The predicted octanol–water partition coefficient (Wildman–Crippen LogP) is 4.36. The van der Waals surface area contributed by atoms with Crippen molar-refractivity contribution < 1.29 is 19.1 Å². The normalized spacial score (nSPS) is 23.0. The molecule has 1 amide bonds. The zero-order valence-electron chi connectivity index (χ0n) is 17.4. The summed E-state index contributed by atoms with van der Waals surface area (Å²) in [6.07, 6.45) is 5.15. The Morgan fingerprint density at radius 1 is 1.03 bits per heavy atom. The van der Waals surface area contributed by atoms with E-state index in [4.69, 9.17) is 9.47 Å². The van der Waals surface area contributed by atoms with Gasteiger partial charge in [-0.2, -0.15) is 0 Å². The van der Waals surface area contributed by atoms with Crippen molar-refractivity contribution in [2.24, 2.45) is 17.8 Å². The molecule has 0 aromatic heterocycles. The van der Waals surface area contributed by atoms with E-state index in [1.165, 1.54) is 25.7 Å². The number of ether oxygens (including phenoxy) is 2. The Kier molecular flexibility index (Phi) is 6.36. The van der Waals surface area contributed by atoms with Crippen LogP contribution < -0.4 is 10.1 Å². The van der Waals surface area contributed by atoms with Crippen LogP contribution in [0.2, 0.25) is 0 Å². The maximum absolute atomic E-state index is 12.2. The first kappa shape index (κ1) is 20.5. The maximum Gasteiger partial charge on any atom is 0.338 e. The van der Waals surface area contributed by atoms with Gasteiger partial charge in [0, 0.05) is 6.04 Å². The average Bonchev–Trinajstić information content (AvgIpc) is 3.41. The van der Waals surface area contributed by atoms with Crippen LogP contribution in [0, 0.1) is 17.8 Å². The quantitative estimate of drug-likeness (QED) is 0.660. The van der Waals surface area contributed by atoms with E-state index in [0.29, 0.717) is 23.8 Å². The number of rotatable bonds is 8. The highest BCUT2D eigenvalue weighted by atomic mass is 16.5. The lowest BCUT2D eigenvalue weighted by Gasteiger charge is -2.28. The summed E-state index contributed by atoms with van der Waals surface area (Å²) >= 11 is 0. The molecule has 4 unspecified atom stereocenters. The van der Waals surface area contributed by atoms with E-state index in [1.807, 2.05) is 30.3 Å². The van der Waals surface area contributed by atoms with E-state index < -0.39 is 5.97 Å². The third kappa shape index (κ3) is 5.02. The number of benzene rings is 2. The minimum absolute atomic E-state index is 0.132. The molecule has 0 radical (unpaired) electrons. The molecule has 2 aliphatic carbocycles. The second-order valence-corrected chi connectivity index (χ2v) is 8.57. The number of amides is 1. The highest BCUT2D eigenvalue weighted by Crippen LogP contribution is 2.49. The summed E-state index contributed by atoms with van der Waals surface area (Å²) in [6.45, 7) is 2.28. The van der Waals surface area contributed by atoms with E-state index in [-0.39, 0.29) is 18.6 Å². The molecule has 0 heterocycles. The fourth-order valence-corrected chi connectivity index (χ4v) is 4.95. The van der Waals surface area contributed by atoms with E-state index in [2.05, 4.69) is 12.2 Å². The van der Waals surface area contributed by atoms with E-state index >= 15 is 0 Å². The van der Waals surface area contributed by atoms with Crippen LogP contribution in [-0.4, -0.2) is 24.5 Å². The first-order valence-corrected chi connectivity index (χ1v) is 10.8. The maximum atomic E-state index is 12.2. The first-order chi connectivity index (χ1) is 14.6. The lowest BCUT2D eigenvalue weighted by Crippen LogP contribution is -2.42. The summed E-state index contributed by atoms with van der Waals surface area (Å²) in [4.78, 5) is 24.5. The second-order valence-electron chi connectivity index (χ2n) is 8.57. The van der Waals surface area contributed by atoms with Gasteiger partial charge in [-0.25, -0.2) is 4.79 Å². The standard InChI is InChI=1S/C25H29NO4/c1-17(23-14-19-7-8-21(23)13-19)26-24(27)16-30-25(28)20-9-11-22(12-10-20)29-15-18-5-3-2-4-6-18/h2-6,9-12,17,19,21,23H,7-8,13-16H2,1H3,(H,26,27). The van der Waals surface area contributed by atoms with E-state index in [0.717, 1.165) is 17.4 Å². The molecule has 0 aliphatic heterocycles. The summed E-state index contributed by atoms with van der Waals surface area (Å²) in [6, 6.07) is 16.8. The first-order valence-electron chi connectivity index (χ1n) is 10.8. The lowest BCUT2D eigenvalue weighted by molar-refractivity contribution is -0.125. The summed E-state index contributed by atoms with van der Waals surface area (Å²) < 4.78 is 10.9. The molecular weight excluding hydrogens is 378 g/mol. The fourth-order valence-electron chi connectivity index (χ4n) is 4.95. The SMILES string of the molecule is CC(NC(=O)COC(=O)c1ccc(OCc2ccccc2)cc1)C1CC2CCC1C2. The Balaban J connectivity index is 1.20. The number of nitrogens with one attached hydrogen (secondary N) is 1. The Morgan fingerprint density at radius 2 is 1.80 bits per heavy atom. The van der Waals surface area contributed by atoms with Gasteiger partial charge in [0.2, 0.25) is 0 Å². The summed E-state index contributed by atoms with van der Waals surface area (Å²) in [5.74, 6) is 2.08. The molecule has 2 fully saturated rings. The average molecular weight is 408 g/mol. The fraction of sp³-hybridized carbons (Fsp3) is 0.440. The molecule has 2 aromatic carbocycles. The van der Waals surface area contributed by atoms with Crippen molar-refractivity contribution in [3.8, 4) is 5.75 Å². The van der Waals surface area contributed by atoms with Crippen LogP contribution in [0.4, 0.5) is 0 Å². The number of carbonyl (C=O) groups excluding carboxylic acids is 2. The van der Waals surface area contributed by atoms with Gasteiger partial charge in [0.25, 0.3) is 5.91 Å². The predicted molar refractivity (Wildman–Crippen MR) is 114 cm³/mol. The number of fused-ring (bicyclic) bond motifs is 2. The molecule has 158 valence electrons. The Bertz CT molecular complexity index is 864. The van der Waals surface area contributed by atoms with Crippen molar-refractivity contribution in [3.63, 3.8) is 0 Å². The van der Waals surface area contributed by atoms with Gasteiger partial charge in [0.05, 0.1) is 5.56 Å². The topological polar surface area (TPSA) is 64.6 Å². The van der Waals surface area contributed by atoms with Crippen molar-refractivity contribution in [2.45, 2.75) is 45.3 Å². The number of hydrogen-bond donors (Lipinski definition) is 1. The molecule has 1 N–H and O–H groups in total. The van der Waals surface area contributed by atoms with Gasteiger partial charge < -0.3 is 14.8 Å². The highest BCUT2D eigenvalue weighted by molar-refractivity contribution is 5.91. The highest BCUT2D eigenvalue weighted by Gasteiger charge is 2.42. The Hall–Kier alpha value is -2.82. The molecule has 2 aliphatic rings. The van der Waals surface area contributed by atoms with Gasteiger partial charge in [0.15, 0.2) is 6.61 Å². The van der Waals surface area contributed by atoms with Crippen molar-refractivity contribution in [1.29, 1.82) is 0 Å². The summed E-state index contributed by atoms with van der Waals surface area (Å²) in [7, 11) is 0. The molecule has 0 spiro atoms. The molecular formula is C25H29NO4. The van der Waals surface area contributed by atoms with Crippen LogP contribution in [0.25, 0.3) is 0 Å². The Morgan fingerprint density at radius 3 is 2.47 bits per heavy atom. The third-order valence-corrected chi connectivity index (χ3v) is 6.50.